The molecule has 1 aromatic rings. The van der Waals surface area contributed by atoms with Crippen LogP contribution in [-0.2, 0) is 11.3 Å². The van der Waals surface area contributed by atoms with Gasteiger partial charge in [0, 0.05) is 33.6 Å². The van der Waals surface area contributed by atoms with Crippen LogP contribution in [0.4, 0.5) is 0 Å². The highest BCUT2D eigenvalue weighted by atomic mass is 16.2. The molecule has 0 saturated carbocycles. The Kier molecular flexibility index (Phi) is 4.99. The Balaban J connectivity index is 2.26. The van der Waals surface area contributed by atoms with Crippen LogP contribution in [0.2, 0.25) is 0 Å². The van der Waals surface area contributed by atoms with Crippen LogP contribution in [0.1, 0.15) is 17.5 Å². The summed E-state index contributed by atoms with van der Waals surface area (Å²) in [6, 6.07) is 8.28. The number of amides is 1. The number of nitrogens with zero attached hydrogens (tertiary/aromatic N) is 1. The highest BCUT2D eigenvalue weighted by Crippen LogP contribution is 2.05. The first-order valence-corrected chi connectivity index (χ1v) is 5.56. The monoisotopic (exact) mass is 220 g/mol. The fraction of sp³-hybridized carbons (Fsp3) is 0.462. The summed E-state index contributed by atoms with van der Waals surface area (Å²) in [5, 5.41) is 3.28. The van der Waals surface area contributed by atoms with Crippen molar-refractivity contribution >= 4 is 5.91 Å². The summed E-state index contributed by atoms with van der Waals surface area (Å²) in [7, 11) is 3.56. The van der Waals surface area contributed by atoms with Crippen molar-refractivity contribution < 1.29 is 4.79 Å². The first-order chi connectivity index (χ1) is 7.61. The summed E-state index contributed by atoms with van der Waals surface area (Å²) in [5.41, 5.74) is 2.58. The van der Waals surface area contributed by atoms with E-state index < -0.39 is 0 Å². The summed E-state index contributed by atoms with van der Waals surface area (Å²) < 4.78 is 0. The third-order valence-corrected chi connectivity index (χ3v) is 2.59. The van der Waals surface area contributed by atoms with Gasteiger partial charge in [-0.15, -0.1) is 0 Å². The van der Waals surface area contributed by atoms with Crippen LogP contribution in [0.3, 0.4) is 0 Å². The summed E-state index contributed by atoms with van der Waals surface area (Å²) in [5.74, 6) is 0.164. The van der Waals surface area contributed by atoms with Crippen molar-refractivity contribution in [2.24, 2.45) is 0 Å². The van der Waals surface area contributed by atoms with Crippen molar-refractivity contribution in [1.29, 1.82) is 0 Å². The van der Waals surface area contributed by atoms with E-state index >= 15 is 0 Å². The molecule has 1 N–H and O–H groups in total. The van der Waals surface area contributed by atoms with E-state index in [9.17, 15) is 4.79 Å². The zero-order valence-corrected chi connectivity index (χ0v) is 10.3. The number of aryl methyl sites for hydroxylation is 1. The summed E-state index contributed by atoms with van der Waals surface area (Å²) in [6.45, 7) is 3.65. The molecule has 0 fully saturated rings. The molecule has 3 nitrogen and oxygen atoms in total. The average molecular weight is 220 g/mol. The van der Waals surface area contributed by atoms with Gasteiger partial charge in [-0.05, 0) is 18.1 Å². The van der Waals surface area contributed by atoms with E-state index in [1.165, 1.54) is 11.1 Å². The predicted octanol–water partition coefficient (Wildman–Crippen LogP) is 1.56. The lowest BCUT2D eigenvalue weighted by Crippen LogP contribution is -2.26. The van der Waals surface area contributed by atoms with Gasteiger partial charge < -0.3 is 10.2 Å². The molecule has 0 spiro atoms. The fourth-order valence-electron chi connectivity index (χ4n) is 1.45. The SMILES string of the molecule is Cc1ccccc1CNCCC(=O)N(C)C. The van der Waals surface area contributed by atoms with E-state index in [1.54, 1.807) is 19.0 Å². The Morgan fingerprint density at radius 1 is 1.31 bits per heavy atom. The van der Waals surface area contributed by atoms with Crippen LogP contribution in [0.15, 0.2) is 24.3 Å². The first kappa shape index (κ1) is 12.7. The predicted molar refractivity (Wildman–Crippen MR) is 66.2 cm³/mol. The number of carbonyl (C=O) groups excluding carboxylic acids is 1. The molecule has 1 aromatic carbocycles. The van der Waals surface area contributed by atoms with Crippen molar-refractivity contribution in [3.8, 4) is 0 Å². The first-order valence-electron chi connectivity index (χ1n) is 5.56. The van der Waals surface area contributed by atoms with Crippen molar-refractivity contribution in [2.45, 2.75) is 19.9 Å². The van der Waals surface area contributed by atoms with Crippen molar-refractivity contribution in [3.05, 3.63) is 35.4 Å². The molecule has 0 aliphatic heterocycles. The molecule has 0 atom stereocenters. The van der Waals surface area contributed by atoms with Gasteiger partial charge in [-0.2, -0.15) is 0 Å². The molecule has 1 amide bonds. The molecule has 0 aliphatic rings. The van der Waals surface area contributed by atoms with Gasteiger partial charge in [0.25, 0.3) is 0 Å². The number of carbonyl (C=O) groups is 1. The second-order valence-electron chi connectivity index (χ2n) is 4.14. The smallest absolute Gasteiger partial charge is 0.223 e. The van der Waals surface area contributed by atoms with Gasteiger partial charge in [-0.3, -0.25) is 4.79 Å². The Morgan fingerprint density at radius 2 is 2.00 bits per heavy atom. The van der Waals surface area contributed by atoms with Gasteiger partial charge in [-0.25, -0.2) is 0 Å². The summed E-state index contributed by atoms with van der Waals surface area (Å²) in [4.78, 5) is 12.9. The number of benzene rings is 1. The molecule has 0 heterocycles. The van der Waals surface area contributed by atoms with Crippen LogP contribution >= 0.6 is 0 Å². The highest BCUT2D eigenvalue weighted by Gasteiger charge is 2.02. The molecule has 3 heteroatoms. The molecule has 0 aliphatic carbocycles. The Morgan fingerprint density at radius 3 is 2.62 bits per heavy atom. The maximum absolute atomic E-state index is 11.3. The Bertz CT molecular complexity index is 348. The molecule has 16 heavy (non-hydrogen) atoms. The largest absolute Gasteiger partial charge is 0.349 e. The summed E-state index contributed by atoms with van der Waals surface area (Å²) in [6.07, 6.45) is 0.554. The minimum atomic E-state index is 0.164. The zero-order valence-electron chi connectivity index (χ0n) is 10.3. The van der Waals surface area contributed by atoms with Gasteiger partial charge >= 0.3 is 0 Å². The maximum atomic E-state index is 11.3. The van der Waals surface area contributed by atoms with Gasteiger partial charge in [0.05, 0.1) is 0 Å². The quantitative estimate of drug-likeness (QED) is 0.764. The Labute approximate surface area is 97.5 Å². The van der Waals surface area contributed by atoms with Gasteiger partial charge in [0.2, 0.25) is 5.91 Å². The summed E-state index contributed by atoms with van der Waals surface area (Å²) >= 11 is 0. The second-order valence-corrected chi connectivity index (χ2v) is 4.14. The number of hydrogen-bond acceptors (Lipinski definition) is 2. The third-order valence-electron chi connectivity index (χ3n) is 2.59. The van der Waals surface area contributed by atoms with E-state index in [1.807, 2.05) is 12.1 Å². The molecule has 1 rings (SSSR count). The van der Waals surface area contributed by atoms with Crippen LogP contribution < -0.4 is 5.32 Å². The van der Waals surface area contributed by atoms with E-state index in [-0.39, 0.29) is 5.91 Å². The minimum Gasteiger partial charge on any atom is -0.349 e. The van der Waals surface area contributed by atoms with Gasteiger partial charge in [0.1, 0.15) is 0 Å². The third kappa shape index (κ3) is 4.03. The van der Waals surface area contributed by atoms with E-state index in [2.05, 4.69) is 24.4 Å². The minimum absolute atomic E-state index is 0.164. The van der Waals surface area contributed by atoms with Gasteiger partial charge in [-0.1, -0.05) is 24.3 Å². The van der Waals surface area contributed by atoms with Crippen LogP contribution in [0.5, 0.6) is 0 Å². The average Bonchev–Trinajstić information content (AvgIpc) is 2.26. The molecule has 88 valence electrons. The van der Waals surface area contributed by atoms with Crippen molar-refractivity contribution in [1.82, 2.24) is 10.2 Å². The molecular formula is C13H20N2O. The molecule has 0 saturated heterocycles. The van der Waals surface area contributed by atoms with Crippen LogP contribution in [0, 0.1) is 6.92 Å². The molecular weight excluding hydrogens is 200 g/mol. The van der Waals surface area contributed by atoms with E-state index in [4.69, 9.17) is 0 Å². The maximum Gasteiger partial charge on any atom is 0.223 e. The van der Waals surface area contributed by atoms with Crippen molar-refractivity contribution in [2.75, 3.05) is 20.6 Å². The molecule has 0 radical (unpaired) electrons. The highest BCUT2D eigenvalue weighted by molar-refractivity contribution is 5.75. The fourth-order valence-corrected chi connectivity index (χ4v) is 1.45. The normalized spacial score (nSPS) is 10.2. The lowest BCUT2D eigenvalue weighted by atomic mass is 10.1. The van der Waals surface area contributed by atoms with Crippen molar-refractivity contribution in [3.63, 3.8) is 0 Å². The standard InChI is InChI=1S/C13H20N2O/c1-11-6-4-5-7-12(11)10-14-9-8-13(16)15(2)3/h4-7,14H,8-10H2,1-3H3. The topological polar surface area (TPSA) is 32.3 Å². The molecule has 0 bridgehead atoms. The zero-order chi connectivity index (χ0) is 12.0. The lowest BCUT2D eigenvalue weighted by molar-refractivity contribution is -0.128. The number of rotatable bonds is 5. The Hall–Kier alpha value is -1.35. The van der Waals surface area contributed by atoms with E-state index in [0.29, 0.717) is 6.42 Å². The van der Waals surface area contributed by atoms with Crippen LogP contribution in [-0.4, -0.2) is 31.4 Å². The second kappa shape index (κ2) is 6.28. The van der Waals surface area contributed by atoms with E-state index in [0.717, 1.165) is 13.1 Å². The van der Waals surface area contributed by atoms with Crippen LogP contribution in [0.25, 0.3) is 0 Å². The van der Waals surface area contributed by atoms with Gasteiger partial charge in [0.15, 0.2) is 0 Å². The number of nitrogens with one attached hydrogen (secondary N) is 1. The molecule has 0 aromatic heterocycles. The lowest BCUT2D eigenvalue weighted by Gasteiger charge is -2.11. The molecule has 0 unspecified atom stereocenters. The number of hydrogen-bond donors (Lipinski definition) is 1.